The van der Waals surface area contributed by atoms with Gasteiger partial charge in [-0.3, -0.25) is 0 Å². The van der Waals surface area contributed by atoms with Gasteiger partial charge in [0.2, 0.25) is 10.0 Å². The van der Waals surface area contributed by atoms with Crippen LogP contribution in [-0.2, 0) is 10.0 Å². The summed E-state index contributed by atoms with van der Waals surface area (Å²) >= 11 is 1.66. The first-order valence-electron chi connectivity index (χ1n) is 6.50. The maximum absolute atomic E-state index is 12.2. The van der Waals surface area contributed by atoms with Gasteiger partial charge in [0.05, 0.1) is 4.90 Å². The summed E-state index contributed by atoms with van der Waals surface area (Å²) in [6.07, 6.45) is 4.00. The summed E-state index contributed by atoms with van der Waals surface area (Å²) < 4.78 is 25.7. The minimum Gasteiger partial charge on any atom is -0.207 e. The lowest BCUT2D eigenvalue weighted by Gasteiger charge is -2.13. The maximum atomic E-state index is 12.2. The Morgan fingerprint density at radius 1 is 0.905 bits per heavy atom. The van der Waals surface area contributed by atoms with Crippen molar-refractivity contribution in [1.29, 1.82) is 0 Å². The molecule has 0 spiro atoms. The number of sulfonamides is 1. The van der Waals surface area contributed by atoms with Crippen LogP contribution in [0.4, 0.5) is 0 Å². The maximum Gasteiger partial charge on any atom is 0.242 e. The first kappa shape index (κ1) is 14.4. The monoisotopic (exact) mass is 317 g/mol. The zero-order valence-corrected chi connectivity index (χ0v) is 13.4. The van der Waals surface area contributed by atoms with E-state index in [0.29, 0.717) is 4.90 Å². The van der Waals surface area contributed by atoms with Crippen LogP contribution in [0.2, 0.25) is 0 Å². The fraction of sp³-hybridized carbons (Fsp3) is 0.125. The normalized spacial score (nSPS) is 13.7. The van der Waals surface area contributed by atoms with Crippen LogP contribution < -0.4 is 0 Å². The molecule has 1 heterocycles. The van der Waals surface area contributed by atoms with Gasteiger partial charge in [-0.1, -0.05) is 42.1 Å². The summed E-state index contributed by atoms with van der Waals surface area (Å²) in [6, 6.07) is 13.4. The number of rotatable bonds is 2. The molecule has 0 saturated carbocycles. The van der Waals surface area contributed by atoms with Gasteiger partial charge in [-0.25, -0.2) is 12.7 Å². The van der Waals surface area contributed by atoms with Crippen molar-refractivity contribution in [2.45, 2.75) is 14.7 Å². The first-order chi connectivity index (χ1) is 9.98. The molecule has 0 fully saturated rings. The van der Waals surface area contributed by atoms with E-state index < -0.39 is 10.0 Å². The van der Waals surface area contributed by atoms with E-state index >= 15 is 0 Å². The molecule has 3 rings (SSSR count). The summed E-state index contributed by atoms with van der Waals surface area (Å²) in [6.45, 7) is 0. The van der Waals surface area contributed by atoms with Crippen LogP contribution in [0.5, 0.6) is 0 Å². The predicted molar refractivity (Wildman–Crippen MR) is 86.8 cm³/mol. The van der Waals surface area contributed by atoms with E-state index in [0.717, 1.165) is 16.0 Å². The van der Waals surface area contributed by atoms with Crippen molar-refractivity contribution in [2.75, 3.05) is 14.1 Å². The first-order valence-corrected chi connectivity index (χ1v) is 8.76. The zero-order valence-electron chi connectivity index (χ0n) is 11.8. The number of hydrogen-bond acceptors (Lipinski definition) is 3. The Bertz CT molecular complexity index is 824. The van der Waals surface area contributed by atoms with Crippen LogP contribution in [0, 0.1) is 0 Å². The summed E-state index contributed by atoms with van der Waals surface area (Å²) in [5, 5.41) is 0. The van der Waals surface area contributed by atoms with Gasteiger partial charge in [0, 0.05) is 23.9 Å². The lowest BCUT2D eigenvalue weighted by molar-refractivity contribution is 0.520. The second-order valence-electron chi connectivity index (χ2n) is 4.96. The van der Waals surface area contributed by atoms with Crippen molar-refractivity contribution in [3.8, 4) is 0 Å². The molecule has 0 aromatic heterocycles. The van der Waals surface area contributed by atoms with Crippen molar-refractivity contribution in [3.05, 3.63) is 53.6 Å². The lowest BCUT2D eigenvalue weighted by atomic mass is 10.1. The van der Waals surface area contributed by atoms with Crippen LogP contribution in [0.3, 0.4) is 0 Å². The molecular weight excluding hydrogens is 302 g/mol. The Labute approximate surface area is 129 Å². The largest absolute Gasteiger partial charge is 0.242 e. The van der Waals surface area contributed by atoms with E-state index in [4.69, 9.17) is 0 Å². The van der Waals surface area contributed by atoms with E-state index in [-0.39, 0.29) is 0 Å². The van der Waals surface area contributed by atoms with E-state index in [1.54, 1.807) is 38.0 Å². The SMILES string of the molecule is CN(C)S(=O)(=O)c1ccc2c(c1)C=Cc1ccccc1S2. The quantitative estimate of drug-likeness (QED) is 0.725. The molecule has 0 bridgehead atoms. The molecule has 1 aliphatic heterocycles. The molecule has 3 nitrogen and oxygen atoms in total. The Morgan fingerprint density at radius 2 is 1.57 bits per heavy atom. The highest BCUT2D eigenvalue weighted by Crippen LogP contribution is 2.38. The molecule has 21 heavy (non-hydrogen) atoms. The average Bonchev–Trinajstić information content (AvgIpc) is 2.65. The van der Waals surface area contributed by atoms with Crippen LogP contribution in [0.25, 0.3) is 12.2 Å². The molecule has 5 heteroatoms. The van der Waals surface area contributed by atoms with E-state index in [1.165, 1.54) is 9.20 Å². The second kappa shape index (κ2) is 5.33. The number of fused-ring (bicyclic) bond motifs is 2. The highest BCUT2D eigenvalue weighted by Gasteiger charge is 2.19. The van der Waals surface area contributed by atoms with Crippen molar-refractivity contribution in [1.82, 2.24) is 4.31 Å². The van der Waals surface area contributed by atoms with Gasteiger partial charge >= 0.3 is 0 Å². The Morgan fingerprint density at radius 3 is 2.33 bits per heavy atom. The van der Waals surface area contributed by atoms with Crippen LogP contribution in [0.1, 0.15) is 11.1 Å². The molecule has 0 N–H and O–H groups in total. The molecule has 0 radical (unpaired) electrons. The van der Waals surface area contributed by atoms with Gasteiger partial charge in [-0.15, -0.1) is 0 Å². The van der Waals surface area contributed by atoms with Crippen molar-refractivity contribution in [3.63, 3.8) is 0 Å². The topological polar surface area (TPSA) is 37.4 Å². The fourth-order valence-corrected chi connectivity index (χ4v) is 4.09. The Kier molecular flexibility index (Phi) is 3.65. The third-order valence-corrected chi connectivity index (χ3v) is 6.34. The van der Waals surface area contributed by atoms with E-state index in [9.17, 15) is 8.42 Å². The molecule has 0 aliphatic carbocycles. The second-order valence-corrected chi connectivity index (χ2v) is 8.20. The predicted octanol–water partition coefficient (Wildman–Crippen LogP) is 3.57. The summed E-state index contributed by atoms with van der Waals surface area (Å²) in [5.74, 6) is 0. The minimum absolute atomic E-state index is 0.322. The van der Waals surface area contributed by atoms with Crippen molar-refractivity contribution >= 4 is 33.9 Å². The third-order valence-electron chi connectivity index (χ3n) is 3.34. The molecule has 0 saturated heterocycles. The van der Waals surface area contributed by atoms with Gasteiger partial charge in [-0.05, 0) is 35.4 Å². The summed E-state index contributed by atoms with van der Waals surface area (Å²) in [4.78, 5) is 2.56. The molecular formula is C16H15NO2S2. The van der Waals surface area contributed by atoms with Gasteiger partial charge in [-0.2, -0.15) is 0 Å². The van der Waals surface area contributed by atoms with Gasteiger partial charge in [0.1, 0.15) is 0 Å². The summed E-state index contributed by atoms with van der Waals surface area (Å²) in [7, 11) is -0.313. The molecule has 2 aromatic rings. The van der Waals surface area contributed by atoms with E-state index in [1.807, 2.05) is 30.4 Å². The van der Waals surface area contributed by atoms with Gasteiger partial charge in [0.25, 0.3) is 0 Å². The van der Waals surface area contributed by atoms with Crippen molar-refractivity contribution < 1.29 is 8.42 Å². The minimum atomic E-state index is -3.40. The fourth-order valence-electron chi connectivity index (χ4n) is 2.13. The standard InChI is InChI=1S/C16H15NO2S2/c1-17(2)21(18,19)14-9-10-16-13(11-14)8-7-12-5-3-4-6-15(12)20-16/h3-11H,1-2H3. The Balaban J connectivity index is 2.10. The molecule has 108 valence electrons. The number of benzene rings is 2. The van der Waals surface area contributed by atoms with E-state index in [2.05, 4.69) is 12.1 Å². The van der Waals surface area contributed by atoms with Crippen LogP contribution >= 0.6 is 11.8 Å². The molecule has 0 amide bonds. The van der Waals surface area contributed by atoms with Crippen LogP contribution in [0.15, 0.2) is 57.2 Å². The molecule has 0 atom stereocenters. The third kappa shape index (κ3) is 2.64. The smallest absolute Gasteiger partial charge is 0.207 e. The molecule has 0 unspecified atom stereocenters. The van der Waals surface area contributed by atoms with Gasteiger partial charge in [0.15, 0.2) is 0 Å². The molecule has 1 aliphatic rings. The number of hydrogen-bond donors (Lipinski definition) is 0. The Hall–Kier alpha value is -1.56. The highest BCUT2D eigenvalue weighted by molar-refractivity contribution is 7.99. The lowest BCUT2D eigenvalue weighted by Crippen LogP contribution is -2.22. The van der Waals surface area contributed by atoms with Crippen LogP contribution in [-0.4, -0.2) is 26.8 Å². The van der Waals surface area contributed by atoms with Crippen molar-refractivity contribution in [2.24, 2.45) is 0 Å². The average molecular weight is 317 g/mol. The molecule has 2 aromatic carbocycles. The number of nitrogens with zero attached hydrogens (tertiary/aromatic N) is 1. The zero-order chi connectivity index (χ0) is 15.0. The van der Waals surface area contributed by atoms with Gasteiger partial charge < -0.3 is 0 Å². The highest BCUT2D eigenvalue weighted by atomic mass is 32.2. The summed E-state index contributed by atoms with van der Waals surface area (Å²) in [5.41, 5.74) is 2.08.